The lowest BCUT2D eigenvalue weighted by Gasteiger charge is -2.29. The van der Waals surface area contributed by atoms with Gasteiger partial charge in [0.1, 0.15) is 23.7 Å². The van der Waals surface area contributed by atoms with Crippen molar-refractivity contribution in [3.63, 3.8) is 0 Å². The Hall–Kier alpha value is -3.19. The molecule has 0 spiro atoms. The van der Waals surface area contributed by atoms with Gasteiger partial charge >= 0.3 is 0 Å². The van der Waals surface area contributed by atoms with Crippen LogP contribution in [0.1, 0.15) is 29.3 Å². The lowest BCUT2D eigenvalue weighted by molar-refractivity contribution is 0.0819. The molecule has 0 unspecified atom stereocenters. The van der Waals surface area contributed by atoms with Gasteiger partial charge in [0.2, 0.25) is 0 Å². The quantitative estimate of drug-likeness (QED) is 0.669. The minimum Gasteiger partial charge on any atom is -0.379 e. The maximum atomic E-state index is 14.8. The summed E-state index contributed by atoms with van der Waals surface area (Å²) in [7, 11) is 0. The fourth-order valence-electron chi connectivity index (χ4n) is 4.25. The first kappa shape index (κ1) is 19.8. The molecular formula is C21H15F3N6S. The molecule has 3 heterocycles. The van der Waals surface area contributed by atoms with Crippen molar-refractivity contribution in [3.8, 4) is 6.07 Å². The van der Waals surface area contributed by atoms with Crippen molar-refractivity contribution in [1.29, 1.82) is 5.26 Å². The van der Waals surface area contributed by atoms with Gasteiger partial charge < -0.3 is 5.73 Å². The van der Waals surface area contributed by atoms with E-state index in [0.717, 1.165) is 11.8 Å². The third-order valence-corrected chi connectivity index (χ3v) is 6.98. The highest BCUT2D eigenvalue weighted by Gasteiger charge is 2.77. The fourth-order valence-corrected chi connectivity index (χ4v) is 5.56. The molecule has 3 aromatic rings. The smallest absolute Gasteiger partial charge is 0.267 e. The number of thioether (sulfide) groups is 1. The first-order valence-electron chi connectivity index (χ1n) is 9.42. The van der Waals surface area contributed by atoms with Crippen LogP contribution in [0.5, 0.6) is 0 Å². The van der Waals surface area contributed by atoms with Gasteiger partial charge in [-0.15, -0.1) is 0 Å². The molecule has 0 saturated heterocycles. The predicted molar refractivity (Wildman–Crippen MR) is 110 cm³/mol. The van der Waals surface area contributed by atoms with E-state index in [1.165, 1.54) is 25.5 Å². The zero-order valence-corrected chi connectivity index (χ0v) is 17.0. The summed E-state index contributed by atoms with van der Waals surface area (Å²) in [4.78, 5) is 16.9. The largest absolute Gasteiger partial charge is 0.379 e. The SMILES string of the molecule is C[C@]1(c2cc(Cc3ncnc4cc(C#N)cnc34)ccc2F)N=C(N)S[C@@H]2[C@H]1C2(F)F. The Morgan fingerprint density at radius 1 is 1.23 bits per heavy atom. The monoisotopic (exact) mass is 440 g/mol. The van der Waals surface area contributed by atoms with E-state index < -0.39 is 28.4 Å². The summed E-state index contributed by atoms with van der Waals surface area (Å²) >= 11 is 0.843. The summed E-state index contributed by atoms with van der Waals surface area (Å²) < 4.78 is 43.5. The number of nitriles is 1. The molecule has 1 aromatic carbocycles. The number of hydrogen-bond acceptors (Lipinski definition) is 7. The van der Waals surface area contributed by atoms with E-state index in [9.17, 15) is 13.2 Å². The zero-order chi connectivity index (χ0) is 22.0. The number of halogens is 3. The highest BCUT2D eigenvalue weighted by molar-refractivity contribution is 8.14. The van der Waals surface area contributed by atoms with E-state index in [0.29, 0.717) is 27.9 Å². The van der Waals surface area contributed by atoms with E-state index in [2.05, 4.69) is 19.9 Å². The molecule has 1 aliphatic carbocycles. The van der Waals surface area contributed by atoms with E-state index in [1.54, 1.807) is 18.2 Å². The molecule has 2 aromatic heterocycles. The topological polar surface area (TPSA) is 101 Å². The summed E-state index contributed by atoms with van der Waals surface area (Å²) in [5, 5.41) is 8.08. The zero-order valence-electron chi connectivity index (χ0n) is 16.2. The molecule has 0 radical (unpaired) electrons. The maximum Gasteiger partial charge on any atom is 0.267 e. The minimum atomic E-state index is -2.96. The van der Waals surface area contributed by atoms with Crippen molar-refractivity contribution in [1.82, 2.24) is 15.0 Å². The van der Waals surface area contributed by atoms with Gasteiger partial charge in [-0.1, -0.05) is 23.9 Å². The number of pyridine rings is 1. The average molecular weight is 440 g/mol. The molecule has 156 valence electrons. The number of hydrogen-bond donors (Lipinski definition) is 1. The third kappa shape index (κ3) is 3.03. The molecular weight excluding hydrogens is 425 g/mol. The number of nitrogens with zero attached hydrogens (tertiary/aromatic N) is 5. The van der Waals surface area contributed by atoms with Crippen molar-refractivity contribution >= 4 is 28.0 Å². The van der Waals surface area contributed by atoms with Crippen LogP contribution in [0, 0.1) is 23.1 Å². The third-order valence-electron chi connectivity index (χ3n) is 5.81. The molecule has 5 rings (SSSR count). The summed E-state index contributed by atoms with van der Waals surface area (Å²) in [6, 6.07) is 8.00. The van der Waals surface area contributed by atoms with Crippen LogP contribution in [0.15, 0.2) is 41.8 Å². The number of aliphatic imine (C=N–C) groups is 1. The fraction of sp³-hybridized carbons (Fsp3) is 0.286. The number of aromatic nitrogens is 3. The Kier molecular flexibility index (Phi) is 4.24. The Balaban J connectivity index is 1.56. The second kappa shape index (κ2) is 6.65. The highest BCUT2D eigenvalue weighted by Crippen LogP contribution is 2.66. The summed E-state index contributed by atoms with van der Waals surface area (Å²) in [6.45, 7) is 1.51. The number of alkyl halides is 2. The Labute approximate surface area is 179 Å². The summed E-state index contributed by atoms with van der Waals surface area (Å²) in [6.07, 6.45) is 3.07. The molecule has 3 atom stereocenters. The molecule has 0 bridgehead atoms. The Bertz CT molecular complexity index is 1300. The average Bonchev–Trinajstić information content (AvgIpc) is 3.30. The van der Waals surface area contributed by atoms with Crippen LogP contribution in [0.25, 0.3) is 11.0 Å². The summed E-state index contributed by atoms with van der Waals surface area (Å²) in [5.41, 5.74) is 7.06. The highest BCUT2D eigenvalue weighted by atomic mass is 32.2. The van der Waals surface area contributed by atoms with Crippen LogP contribution in [-0.4, -0.2) is 31.3 Å². The van der Waals surface area contributed by atoms with E-state index in [1.807, 2.05) is 6.07 Å². The van der Waals surface area contributed by atoms with E-state index in [4.69, 9.17) is 11.0 Å². The van der Waals surface area contributed by atoms with Gasteiger partial charge in [0.15, 0.2) is 5.17 Å². The number of rotatable bonds is 3. The number of benzene rings is 1. The minimum absolute atomic E-state index is 0.0324. The number of amidine groups is 1. The van der Waals surface area contributed by atoms with Crippen LogP contribution in [-0.2, 0) is 12.0 Å². The normalized spacial score (nSPS) is 26.1. The second-order valence-electron chi connectivity index (χ2n) is 7.80. The predicted octanol–water partition coefficient (Wildman–Crippen LogP) is 3.54. The van der Waals surface area contributed by atoms with Crippen LogP contribution in [0.3, 0.4) is 0 Å². The van der Waals surface area contributed by atoms with Crippen molar-refractivity contribution in [2.75, 3.05) is 0 Å². The molecule has 6 nitrogen and oxygen atoms in total. The van der Waals surface area contributed by atoms with Crippen LogP contribution in [0.4, 0.5) is 13.2 Å². The lowest BCUT2D eigenvalue weighted by Crippen LogP contribution is -2.32. The molecule has 1 aliphatic heterocycles. The van der Waals surface area contributed by atoms with Gasteiger partial charge in [0, 0.05) is 18.2 Å². The van der Waals surface area contributed by atoms with Gasteiger partial charge in [-0.2, -0.15) is 5.26 Å². The molecule has 2 aliphatic rings. The molecule has 1 fully saturated rings. The van der Waals surface area contributed by atoms with Crippen LogP contribution >= 0.6 is 11.8 Å². The maximum absolute atomic E-state index is 14.8. The van der Waals surface area contributed by atoms with Crippen LogP contribution < -0.4 is 5.73 Å². The first-order chi connectivity index (χ1) is 14.7. The molecule has 1 saturated carbocycles. The lowest BCUT2D eigenvalue weighted by atomic mass is 9.85. The first-order valence-corrected chi connectivity index (χ1v) is 10.3. The van der Waals surface area contributed by atoms with Crippen molar-refractivity contribution in [2.45, 2.75) is 30.1 Å². The number of fused-ring (bicyclic) bond motifs is 2. The molecule has 0 amide bonds. The molecule has 31 heavy (non-hydrogen) atoms. The molecule has 2 N–H and O–H groups in total. The van der Waals surface area contributed by atoms with Crippen molar-refractivity contribution in [3.05, 3.63) is 65.0 Å². The van der Waals surface area contributed by atoms with Gasteiger partial charge in [-0.25, -0.2) is 23.1 Å². The summed E-state index contributed by atoms with van der Waals surface area (Å²) in [5.74, 6) is -4.69. The molecule has 10 heteroatoms. The standard InChI is InChI=1S/C21H15F3N6S/c1-20(17-18(21(17,23)24)31-19(26)30-20)12-4-10(2-3-13(12)22)5-14-16-15(29-9-28-14)6-11(7-25)8-27-16/h2-4,6,8-9,17-18H,5H2,1H3,(H2,26,30)/t17-,18-,20-/m1/s1. The van der Waals surface area contributed by atoms with Gasteiger partial charge in [-0.3, -0.25) is 9.98 Å². The van der Waals surface area contributed by atoms with Crippen LogP contribution in [0.2, 0.25) is 0 Å². The Morgan fingerprint density at radius 2 is 2.03 bits per heavy atom. The van der Waals surface area contributed by atoms with E-state index >= 15 is 0 Å². The second-order valence-corrected chi connectivity index (χ2v) is 8.96. The van der Waals surface area contributed by atoms with Crippen molar-refractivity contribution < 1.29 is 13.2 Å². The van der Waals surface area contributed by atoms with E-state index in [-0.39, 0.29) is 17.2 Å². The van der Waals surface area contributed by atoms with Gasteiger partial charge in [-0.05, 0) is 24.6 Å². The number of nitrogens with two attached hydrogens (primary N) is 1. The van der Waals surface area contributed by atoms with Gasteiger partial charge in [0.05, 0.1) is 33.5 Å². The van der Waals surface area contributed by atoms with Crippen molar-refractivity contribution in [2.24, 2.45) is 16.6 Å². The van der Waals surface area contributed by atoms with Gasteiger partial charge in [0.25, 0.3) is 5.92 Å². The Morgan fingerprint density at radius 3 is 2.81 bits per heavy atom.